The van der Waals surface area contributed by atoms with Crippen LogP contribution in [0.5, 0.6) is 0 Å². The third-order valence-corrected chi connectivity index (χ3v) is 7.51. The van der Waals surface area contributed by atoms with Crippen molar-refractivity contribution >= 4 is 33.4 Å². The van der Waals surface area contributed by atoms with Crippen LogP contribution in [0.3, 0.4) is 0 Å². The van der Waals surface area contributed by atoms with Crippen molar-refractivity contribution in [1.29, 1.82) is 0 Å². The lowest BCUT2D eigenvalue weighted by Crippen LogP contribution is -2.64. The van der Waals surface area contributed by atoms with Crippen molar-refractivity contribution in [2.45, 2.75) is 38.9 Å². The summed E-state index contributed by atoms with van der Waals surface area (Å²) < 4.78 is 2.02. The van der Waals surface area contributed by atoms with Crippen molar-refractivity contribution in [3.8, 4) is 0 Å². The first-order valence-corrected chi connectivity index (χ1v) is 12.1. The number of nitrogens with one attached hydrogen (secondary N) is 1. The molecule has 4 aromatic rings. The van der Waals surface area contributed by atoms with Gasteiger partial charge < -0.3 is 14.8 Å². The summed E-state index contributed by atoms with van der Waals surface area (Å²) in [7, 11) is 0. The molecular weight excluding hydrogens is 430 g/mol. The largest absolute Gasteiger partial charge is 0.350 e. The summed E-state index contributed by atoms with van der Waals surface area (Å²) in [5.41, 5.74) is 3.07. The lowest BCUT2D eigenvalue weighted by molar-refractivity contribution is -0.133. The van der Waals surface area contributed by atoms with Crippen LogP contribution in [-0.2, 0) is 24.3 Å². The molecule has 2 aromatic carbocycles. The van der Waals surface area contributed by atoms with Gasteiger partial charge in [-0.2, -0.15) is 0 Å². The lowest BCUT2D eigenvalue weighted by atomic mass is 9.93. The first-order valence-electron chi connectivity index (χ1n) is 11.2. The van der Waals surface area contributed by atoms with Gasteiger partial charge in [0.15, 0.2) is 0 Å². The molecular formula is C27H27N3O2S. The molecule has 0 radical (unpaired) electrons. The number of thiophene rings is 1. The normalized spacial score (nSPS) is 17.9. The number of benzene rings is 2. The van der Waals surface area contributed by atoms with E-state index in [0.29, 0.717) is 31.7 Å². The van der Waals surface area contributed by atoms with Gasteiger partial charge in [0.2, 0.25) is 5.91 Å². The Morgan fingerprint density at radius 3 is 2.58 bits per heavy atom. The standard InChI is InChI=1S/C27H27N3O2S/c1-19-8-10-20(11-9-19)12-14-30-24(31)23-16-22-13-15-33-25(22)29(23)18-27(30,2)26(32)28-17-21-6-4-3-5-7-21/h3-11,13,15-16H,12,14,17-18H2,1-2H3,(H,28,32)/t27-/m1/s1. The van der Waals surface area contributed by atoms with E-state index in [4.69, 9.17) is 0 Å². The lowest BCUT2D eigenvalue weighted by Gasteiger charge is -2.44. The Bertz CT molecular complexity index is 1310. The van der Waals surface area contributed by atoms with E-state index in [1.165, 1.54) is 5.56 Å². The van der Waals surface area contributed by atoms with Crippen molar-refractivity contribution in [1.82, 2.24) is 14.8 Å². The summed E-state index contributed by atoms with van der Waals surface area (Å²) >= 11 is 1.61. The molecule has 2 aromatic heterocycles. The zero-order valence-corrected chi connectivity index (χ0v) is 19.7. The van der Waals surface area contributed by atoms with Crippen LogP contribution in [0, 0.1) is 6.92 Å². The summed E-state index contributed by atoms with van der Waals surface area (Å²) in [4.78, 5) is 30.1. The van der Waals surface area contributed by atoms with Gasteiger partial charge in [-0.3, -0.25) is 9.59 Å². The second-order valence-corrected chi connectivity index (χ2v) is 9.83. The Hall–Kier alpha value is -3.38. The van der Waals surface area contributed by atoms with Crippen LogP contribution in [0.15, 0.2) is 72.1 Å². The van der Waals surface area contributed by atoms with E-state index >= 15 is 0 Å². The molecule has 1 N–H and O–H groups in total. The molecule has 0 saturated heterocycles. The molecule has 5 nitrogen and oxygen atoms in total. The minimum absolute atomic E-state index is 0.0888. The highest BCUT2D eigenvalue weighted by Crippen LogP contribution is 2.34. The number of carbonyl (C=O) groups is 2. The van der Waals surface area contributed by atoms with Gasteiger partial charge in [-0.05, 0) is 48.9 Å². The quantitative estimate of drug-likeness (QED) is 0.453. The van der Waals surface area contributed by atoms with Gasteiger partial charge in [0.1, 0.15) is 16.1 Å². The number of carbonyl (C=O) groups excluding carboxylic acids is 2. The maximum Gasteiger partial charge on any atom is 0.271 e. The highest BCUT2D eigenvalue weighted by atomic mass is 32.1. The highest BCUT2D eigenvalue weighted by Gasteiger charge is 2.47. The molecule has 168 valence electrons. The fraction of sp³-hybridized carbons (Fsp3) is 0.259. The van der Waals surface area contributed by atoms with Gasteiger partial charge in [-0.1, -0.05) is 60.2 Å². The maximum absolute atomic E-state index is 13.7. The number of fused-ring (bicyclic) bond motifs is 3. The van der Waals surface area contributed by atoms with Gasteiger partial charge in [0.05, 0.1) is 6.54 Å². The molecule has 3 heterocycles. The number of hydrogen-bond acceptors (Lipinski definition) is 3. The molecule has 2 amide bonds. The predicted molar refractivity (Wildman–Crippen MR) is 132 cm³/mol. The number of amides is 2. The maximum atomic E-state index is 13.7. The van der Waals surface area contributed by atoms with Gasteiger partial charge >= 0.3 is 0 Å². The van der Waals surface area contributed by atoms with Crippen LogP contribution in [0.4, 0.5) is 0 Å². The third kappa shape index (κ3) is 3.95. The van der Waals surface area contributed by atoms with Crippen LogP contribution in [-0.4, -0.2) is 33.4 Å². The fourth-order valence-electron chi connectivity index (χ4n) is 4.57. The van der Waals surface area contributed by atoms with Crippen LogP contribution in [0.25, 0.3) is 10.2 Å². The van der Waals surface area contributed by atoms with Gasteiger partial charge in [0.25, 0.3) is 5.91 Å². The summed E-state index contributed by atoms with van der Waals surface area (Å²) in [6.07, 6.45) is 0.697. The topological polar surface area (TPSA) is 54.3 Å². The number of aryl methyl sites for hydroxylation is 1. The first-order chi connectivity index (χ1) is 16.0. The Morgan fingerprint density at radius 2 is 1.82 bits per heavy atom. The predicted octanol–water partition coefficient (Wildman–Crippen LogP) is 4.78. The molecule has 33 heavy (non-hydrogen) atoms. The SMILES string of the molecule is Cc1ccc(CCN2C(=O)c3cc4ccsc4n3C[C@]2(C)C(=O)NCc2ccccc2)cc1. The number of hydrogen-bond donors (Lipinski definition) is 1. The molecule has 0 spiro atoms. The van der Waals surface area contributed by atoms with Crippen LogP contribution in [0.1, 0.15) is 34.1 Å². The molecule has 0 saturated carbocycles. The molecule has 0 unspecified atom stereocenters. The van der Waals surface area contributed by atoms with E-state index in [0.717, 1.165) is 21.3 Å². The molecule has 1 atom stereocenters. The second kappa shape index (κ2) is 8.52. The van der Waals surface area contributed by atoms with E-state index in [-0.39, 0.29) is 11.8 Å². The van der Waals surface area contributed by atoms with E-state index in [9.17, 15) is 9.59 Å². The number of nitrogens with zero attached hydrogens (tertiary/aromatic N) is 2. The zero-order valence-electron chi connectivity index (χ0n) is 18.9. The molecule has 1 aliphatic rings. The fourth-order valence-corrected chi connectivity index (χ4v) is 5.47. The molecule has 0 fully saturated rings. The van der Waals surface area contributed by atoms with Gasteiger partial charge in [-0.15, -0.1) is 11.3 Å². The summed E-state index contributed by atoms with van der Waals surface area (Å²) in [6.45, 7) is 5.30. The molecule has 0 bridgehead atoms. The molecule has 0 aliphatic carbocycles. The van der Waals surface area contributed by atoms with E-state index < -0.39 is 5.54 Å². The summed E-state index contributed by atoms with van der Waals surface area (Å²) in [5, 5.41) is 6.17. The van der Waals surface area contributed by atoms with Gasteiger partial charge in [0, 0.05) is 18.5 Å². The van der Waals surface area contributed by atoms with Crippen molar-refractivity contribution in [3.63, 3.8) is 0 Å². The Labute approximate surface area is 197 Å². The van der Waals surface area contributed by atoms with Crippen molar-refractivity contribution < 1.29 is 9.59 Å². The smallest absolute Gasteiger partial charge is 0.271 e. The molecule has 6 heteroatoms. The zero-order chi connectivity index (χ0) is 23.0. The van der Waals surface area contributed by atoms with Crippen molar-refractivity contribution in [3.05, 3.63) is 94.5 Å². The Kier molecular flexibility index (Phi) is 5.54. The van der Waals surface area contributed by atoms with Crippen LogP contribution in [0.2, 0.25) is 0 Å². The van der Waals surface area contributed by atoms with Gasteiger partial charge in [-0.25, -0.2) is 0 Å². The third-order valence-electron chi connectivity index (χ3n) is 6.56. The minimum Gasteiger partial charge on any atom is -0.350 e. The summed E-state index contributed by atoms with van der Waals surface area (Å²) in [5.74, 6) is -0.221. The number of aromatic nitrogens is 1. The monoisotopic (exact) mass is 457 g/mol. The first kappa shape index (κ1) is 21.5. The molecule has 5 rings (SSSR count). The van der Waals surface area contributed by atoms with Crippen LogP contribution >= 0.6 is 11.3 Å². The second-order valence-electron chi connectivity index (χ2n) is 8.93. The van der Waals surface area contributed by atoms with E-state index in [2.05, 4.69) is 36.5 Å². The highest BCUT2D eigenvalue weighted by molar-refractivity contribution is 7.16. The van der Waals surface area contributed by atoms with E-state index in [1.54, 1.807) is 16.2 Å². The Morgan fingerprint density at radius 1 is 1.06 bits per heavy atom. The average molecular weight is 458 g/mol. The summed E-state index contributed by atoms with van der Waals surface area (Å²) in [6, 6.07) is 22.2. The van der Waals surface area contributed by atoms with E-state index in [1.807, 2.05) is 59.3 Å². The minimum atomic E-state index is -0.987. The van der Waals surface area contributed by atoms with Crippen molar-refractivity contribution in [2.24, 2.45) is 0 Å². The average Bonchev–Trinajstić information content (AvgIpc) is 3.42. The number of rotatable bonds is 6. The van der Waals surface area contributed by atoms with Crippen molar-refractivity contribution in [2.75, 3.05) is 6.54 Å². The van der Waals surface area contributed by atoms with Crippen LogP contribution < -0.4 is 5.32 Å². The molecule has 1 aliphatic heterocycles. The Balaban J connectivity index is 1.45.